The summed E-state index contributed by atoms with van der Waals surface area (Å²) in [6, 6.07) is 0.662. The third kappa shape index (κ3) is 3.07. The first kappa shape index (κ1) is 13.0. The SMILES string of the molecule is CCCNC1CCCC(c2c(Br)nnn2C)C1. The maximum atomic E-state index is 4.09. The van der Waals surface area contributed by atoms with E-state index in [-0.39, 0.29) is 0 Å². The quantitative estimate of drug-likeness (QED) is 0.929. The second kappa shape index (κ2) is 5.96. The lowest BCUT2D eigenvalue weighted by Gasteiger charge is -2.29. The van der Waals surface area contributed by atoms with Gasteiger partial charge >= 0.3 is 0 Å². The molecule has 1 aliphatic rings. The van der Waals surface area contributed by atoms with Crippen LogP contribution in [0.1, 0.15) is 50.6 Å². The first-order chi connectivity index (χ1) is 8.22. The summed E-state index contributed by atoms with van der Waals surface area (Å²) >= 11 is 3.51. The zero-order valence-electron chi connectivity index (χ0n) is 10.6. The summed E-state index contributed by atoms with van der Waals surface area (Å²) < 4.78 is 2.83. The van der Waals surface area contributed by atoms with E-state index in [0.717, 1.165) is 11.1 Å². The van der Waals surface area contributed by atoms with Gasteiger partial charge in [-0.05, 0) is 48.2 Å². The van der Waals surface area contributed by atoms with E-state index in [1.54, 1.807) is 0 Å². The summed E-state index contributed by atoms with van der Waals surface area (Å²) in [4.78, 5) is 0. The molecule has 0 bridgehead atoms. The van der Waals surface area contributed by atoms with E-state index in [2.05, 4.69) is 38.5 Å². The molecule has 5 heteroatoms. The Morgan fingerprint density at radius 2 is 2.29 bits per heavy atom. The van der Waals surface area contributed by atoms with Crippen molar-refractivity contribution in [2.75, 3.05) is 6.54 Å². The third-order valence-electron chi connectivity index (χ3n) is 3.57. The van der Waals surface area contributed by atoms with Crippen molar-refractivity contribution in [3.8, 4) is 0 Å². The summed E-state index contributed by atoms with van der Waals surface area (Å²) in [6.45, 7) is 3.34. The molecule has 4 nitrogen and oxygen atoms in total. The number of halogens is 1. The molecule has 0 spiro atoms. The summed E-state index contributed by atoms with van der Waals surface area (Å²) in [5.74, 6) is 0.590. The molecule has 0 aliphatic heterocycles. The fourth-order valence-electron chi connectivity index (χ4n) is 2.74. The predicted molar refractivity (Wildman–Crippen MR) is 72.0 cm³/mol. The van der Waals surface area contributed by atoms with Crippen LogP contribution in [0.25, 0.3) is 0 Å². The third-order valence-corrected chi connectivity index (χ3v) is 4.14. The Hall–Kier alpha value is -0.420. The number of aryl methyl sites for hydroxylation is 1. The normalized spacial score (nSPS) is 25.1. The van der Waals surface area contributed by atoms with Crippen molar-refractivity contribution in [3.05, 3.63) is 10.3 Å². The number of nitrogens with one attached hydrogen (secondary N) is 1. The summed E-state index contributed by atoms with van der Waals surface area (Å²) in [6.07, 6.45) is 6.27. The van der Waals surface area contributed by atoms with Gasteiger partial charge < -0.3 is 5.32 Å². The highest BCUT2D eigenvalue weighted by Gasteiger charge is 2.27. The van der Waals surface area contributed by atoms with Crippen LogP contribution in [0.15, 0.2) is 4.60 Å². The van der Waals surface area contributed by atoms with Crippen LogP contribution < -0.4 is 5.32 Å². The lowest BCUT2D eigenvalue weighted by molar-refractivity contribution is 0.331. The first-order valence-electron chi connectivity index (χ1n) is 6.50. The summed E-state index contributed by atoms with van der Waals surface area (Å²) in [7, 11) is 1.98. The molecule has 1 aromatic heterocycles. The smallest absolute Gasteiger partial charge is 0.151 e. The minimum absolute atomic E-state index is 0.590. The van der Waals surface area contributed by atoms with Crippen molar-refractivity contribution in [2.24, 2.45) is 7.05 Å². The van der Waals surface area contributed by atoms with Crippen molar-refractivity contribution in [1.29, 1.82) is 0 Å². The Morgan fingerprint density at radius 1 is 1.47 bits per heavy atom. The molecule has 1 fully saturated rings. The van der Waals surface area contributed by atoms with Gasteiger partial charge in [0, 0.05) is 19.0 Å². The van der Waals surface area contributed by atoms with Gasteiger partial charge in [-0.1, -0.05) is 18.6 Å². The zero-order valence-corrected chi connectivity index (χ0v) is 12.2. The van der Waals surface area contributed by atoms with E-state index in [1.807, 2.05) is 11.7 Å². The molecule has 1 N–H and O–H groups in total. The molecule has 1 saturated carbocycles. The molecule has 2 unspecified atom stereocenters. The van der Waals surface area contributed by atoms with Gasteiger partial charge in [-0.25, -0.2) is 0 Å². The molecule has 1 aliphatic carbocycles. The zero-order chi connectivity index (χ0) is 12.3. The molecule has 2 rings (SSSR count). The van der Waals surface area contributed by atoms with E-state index in [4.69, 9.17) is 0 Å². The molecule has 96 valence electrons. The molecule has 17 heavy (non-hydrogen) atoms. The predicted octanol–water partition coefficient (Wildman–Crippen LogP) is 2.60. The van der Waals surface area contributed by atoms with Gasteiger partial charge in [0.05, 0.1) is 5.69 Å². The van der Waals surface area contributed by atoms with Crippen molar-refractivity contribution in [3.63, 3.8) is 0 Å². The van der Waals surface area contributed by atoms with Gasteiger partial charge in [-0.2, -0.15) is 0 Å². The molecule has 0 amide bonds. The number of hydrogen-bond donors (Lipinski definition) is 1. The average Bonchev–Trinajstić information content (AvgIpc) is 2.67. The Labute approximate surface area is 111 Å². The monoisotopic (exact) mass is 300 g/mol. The van der Waals surface area contributed by atoms with Gasteiger partial charge in [-0.15, -0.1) is 5.10 Å². The van der Waals surface area contributed by atoms with E-state index >= 15 is 0 Å². The fourth-order valence-corrected chi connectivity index (χ4v) is 3.40. The van der Waals surface area contributed by atoms with Crippen LogP contribution in [-0.4, -0.2) is 27.6 Å². The van der Waals surface area contributed by atoms with Crippen molar-refractivity contribution >= 4 is 15.9 Å². The van der Waals surface area contributed by atoms with Gasteiger partial charge in [0.25, 0.3) is 0 Å². The number of hydrogen-bond acceptors (Lipinski definition) is 3. The topological polar surface area (TPSA) is 42.7 Å². The van der Waals surface area contributed by atoms with Crippen molar-refractivity contribution < 1.29 is 0 Å². The van der Waals surface area contributed by atoms with Gasteiger partial charge in [0.2, 0.25) is 0 Å². The molecule has 0 saturated heterocycles. The lowest BCUT2D eigenvalue weighted by Crippen LogP contribution is -2.34. The maximum Gasteiger partial charge on any atom is 0.151 e. The van der Waals surface area contributed by atoms with E-state index in [1.165, 1.54) is 37.8 Å². The molecule has 0 radical (unpaired) electrons. The van der Waals surface area contributed by atoms with Crippen molar-refractivity contribution in [2.45, 2.75) is 51.0 Å². The summed E-state index contributed by atoms with van der Waals surface area (Å²) in [5, 5.41) is 11.8. The van der Waals surface area contributed by atoms with Gasteiger partial charge in [-0.3, -0.25) is 4.68 Å². The largest absolute Gasteiger partial charge is 0.314 e. The van der Waals surface area contributed by atoms with Crippen LogP contribution in [-0.2, 0) is 7.05 Å². The Morgan fingerprint density at radius 3 is 2.94 bits per heavy atom. The number of rotatable bonds is 4. The Kier molecular flexibility index (Phi) is 4.56. The van der Waals surface area contributed by atoms with Gasteiger partial charge in [0.1, 0.15) is 0 Å². The van der Waals surface area contributed by atoms with Crippen LogP contribution in [0, 0.1) is 0 Å². The Balaban J connectivity index is 2.02. The molecular weight excluding hydrogens is 280 g/mol. The Bertz CT molecular complexity index is 344. The van der Waals surface area contributed by atoms with Crippen LogP contribution in [0.2, 0.25) is 0 Å². The molecule has 0 aromatic carbocycles. The van der Waals surface area contributed by atoms with Crippen LogP contribution in [0.3, 0.4) is 0 Å². The lowest BCUT2D eigenvalue weighted by atomic mass is 9.84. The highest BCUT2D eigenvalue weighted by molar-refractivity contribution is 9.10. The second-order valence-electron chi connectivity index (χ2n) is 4.90. The van der Waals surface area contributed by atoms with Crippen LogP contribution >= 0.6 is 15.9 Å². The highest BCUT2D eigenvalue weighted by Crippen LogP contribution is 2.35. The van der Waals surface area contributed by atoms with E-state index < -0.39 is 0 Å². The second-order valence-corrected chi connectivity index (χ2v) is 5.65. The highest BCUT2D eigenvalue weighted by atomic mass is 79.9. The fraction of sp³-hybridized carbons (Fsp3) is 0.833. The molecule has 1 aromatic rings. The standard InChI is InChI=1S/C12H21BrN4/c1-3-7-14-10-6-4-5-9(8-10)11-12(13)15-16-17(11)2/h9-10,14H,3-8H2,1-2H3. The summed E-state index contributed by atoms with van der Waals surface area (Å²) in [5.41, 5.74) is 1.26. The van der Waals surface area contributed by atoms with Crippen molar-refractivity contribution in [1.82, 2.24) is 20.3 Å². The molecular formula is C12H21BrN4. The first-order valence-corrected chi connectivity index (χ1v) is 7.30. The van der Waals surface area contributed by atoms with Gasteiger partial charge in [0.15, 0.2) is 4.60 Å². The number of aromatic nitrogens is 3. The van der Waals surface area contributed by atoms with Crippen LogP contribution in [0.5, 0.6) is 0 Å². The molecule has 2 atom stereocenters. The minimum atomic E-state index is 0.590. The number of nitrogens with zero attached hydrogens (tertiary/aromatic N) is 3. The van der Waals surface area contributed by atoms with Crippen LogP contribution in [0.4, 0.5) is 0 Å². The minimum Gasteiger partial charge on any atom is -0.314 e. The maximum absolute atomic E-state index is 4.09. The van der Waals surface area contributed by atoms with E-state index in [9.17, 15) is 0 Å². The average molecular weight is 301 g/mol. The van der Waals surface area contributed by atoms with E-state index in [0.29, 0.717) is 12.0 Å². The molecule has 1 heterocycles.